The molecule has 0 aliphatic carbocycles. The third-order valence-corrected chi connectivity index (χ3v) is 2.09. The van der Waals surface area contributed by atoms with Crippen molar-refractivity contribution in [3.63, 3.8) is 0 Å². The summed E-state index contributed by atoms with van der Waals surface area (Å²) < 4.78 is 0. The summed E-state index contributed by atoms with van der Waals surface area (Å²) in [4.78, 5) is 23.9. The molecule has 16 heavy (non-hydrogen) atoms. The second-order valence-corrected chi connectivity index (χ2v) is 3.42. The maximum absolute atomic E-state index is 11.2. The predicted molar refractivity (Wildman–Crippen MR) is 59.5 cm³/mol. The number of hydrogen-bond donors (Lipinski definition) is 4. The van der Waals surface area contributed by atoms with Crippen molar-refractivity contribution in [1.29, 1.82) is 0 Å². The Morgan fingerprint density at radius 3 is 2.62 bits per heavy atom. The fourth-order valence-electron chi connectivity index (χ4n) is 1.26. The first-order valence-electron chi connectivity index (χ1n) is 5.28. The van der Waals surface area contributed by atoms with Crippen LogP contribution in [0.25, 0.3) is 0 Å². The summed E-state index contributed by atoms with van der Waals surface area (Å²) in [5, 5.41) is 17.1. The molecule has 1 rings (SSSR count). The number of unbranched alkanes of at least 4 members (excludes halogenated alkanes) is 3. The summed E-state index contributed by atoms with van der Waals surface area (Å²) in [7, 11) is 0. The summed E-state index contributed by atoms with van der Waals surface area (Å²) in [6, 6.07) is 0. The zero-order valence-corrected chi connectivity index (χ0v) is 8.95. The molecule has 0 bridgehead atoms. The van der Waals surface area contributed by atoms with Crippen molar-refractivity contribution in [2.45, 2.75) is 25.7 Å². The molecule has 1 aromatic rings. The standard InChI is InChI=1S/C9H16N4O3/c14-6-4-2-1-3-5-10-7-8(15)11-9(16)13-12-7/h14H,1-6H2,(H,10,12)(H2,11,13,15,16). The van der Waals surface area contributed by atoms with Gasteiger partial charge in [-0.1, -0.05) is 12.8 Å². The van der Waals surface area contributed by atoms with E-state index in [1.165, 1.54) is 0 Å². The fraction of sp³-hybridized carbons (Fsp3) is 0.667. The number of anilines is 1. The molecule has 0 radical (unpaired) electrons. The topological polar surface area (TPSA) is 111 Å². The van der Waals surface area contributed by atoms with Crippen LogP contribution in [0.3, 0.4) is 0 Å². The lowest BCUT2D eigenvalue weighted by Crippen LogP contribution is -2.27. The van der Waals surface area contributed by atoms with E-state index in [0.717, 1.165) is 25.7 Å². The van der Waals surface area contributed by atoms with Crippen LogP contribution in [0.15, 0.2) is 9.59 Å². The smallest absolute Gasteiger partial charge is 0.342 e. The van der Waals surface area contributed by atoms with Crippen LogP contribution in [0, 0.1) is 0 Å². The van der Waals surface area contributed by atoms with Crippen LogP contribution in [0.2, 0.25) is 0 Å². The van der Waals surface area contributed by atoms with E-state index in [2.05, 4.69) is 20.5 Å². The van der Waals surface area contributed by atoms with Gasteiger partial charge in [-0.15, -0.1) is 5.10 Å². The monoisotopic (exact) mass is 228 g/mol. The van der Waals surface area contributed by atoms with Crippen molar-refractivity contribution in [3.05, 3.63) is 20.8 Å². The summed E-state index contributed by atoms with van der Waals surface area (Å²) in [6.45, 7) is 0.835. The molecule has 0 atom stereocenters. The zero-order chi connectivity index (χ0) is 11.8. The van der Waals surface area contributed by atoms with Crippen molar-refractivity contribution in [2.75, 3.05) is 18.5 Å². The van der Waals surface area contributed by atoms with E-state index in [1.807, 2.05) is 0 Å². The molecule has 0 spiro atoms. The minimum Gasteiger partial charge on any atom is -0.396 e. The van der Waals surface area contributed by atoms with Crippen LogP contribution < -0.4 is 16.6 Å². The summed E-state index contributed by atoms with van der Waals surface area (Å²) in [6.07, 6.45) is 3.64. The molecule has 0 aliphatic rings. The molecule has 0 amide bonds. The first kappa shape index (κ1) is 12.4. The lowest BCUT2D eigenvalue weighted by atomic mass is 10.2. The highest BCUT2D eigenvalue weighted by molar-refractivity contribution is 5.28. The van der Waals surface area contributed by atoms with Gasteiger partial charge < -0.3 is 10.4 Å². The minimum absolute atomic E-state index is 0.127. The zero-order valence-electron chi connectivity index (χ0n) is 8.95. The number of rotatable bonds is 7. The molecule has 7 nitrogen and oxygen atoms in total. The number of hydrogen-bond acceptors (Lipinski definition) is 5. The minimum atomic E-state index is -0.613. The number of H-pyrrole nitrogens is 2. The van der Waals surface area contributed by atoms with Crippen molar-refractivity contribution in [3.8, 4) is 0 Å². The molecule has 90 valence electrons. The van der Waals surface area contributed by atoms with Crippen molar-refractivity contribution >= 4 is 5.82 Å². The molecule has 0 saturated carbocycles. The molecule has 1 aromatic heterocycles. The Morgan fingerprint density at radius 2 is 1.94 bits per heavy atom. The lowest BCUT2D eigenvalue weighted by molar-refractivity contribution is 0.283. The first-order valence-corrected chi connectivity index (χ1v) is 5.28. The number of aliphatic hydroxyl groups is 1. The van der Waals surface area contributed by atoms with E-state index in [4.69, 9.17) is 5.11 Å². The molecule has 0 unspecified atom stereocenters. The Bertz CT molecular complexity index is 412. The Balaban J connectivity index is 2.27. The molecule has 0 aromatic carbocycles. The summed E-state index contributed by atoms with van der Waals surface area (Å²) in [5.41, 5.74) is -1.13. The molecule has 7 heteroatoms. The SMILES string of the molecule is O=c1[nH]nc(NCCCCCCO)c(=O)[nH]1. The van der Waals surface area contributed by atoms with Crippen LogP contribution in [0.5, 0.6) is 0 Å². The van der Waals surface area contributed by atoms with Crippen molar-refractivity contribution < 1.29 is 5.11 Å². The van der Waals surface area contributed by atoms with Gasteiger partial charge in [0.05, 0.1) is 0 Å². The molecular formula is C9H16N4O3. The van der Waals surface area contributed by atoms with Crippen LogP contribution in [0.4, 0.5) is 5.82 Å². The highest BCUT2D eigenvalue weighted by atomic mass is 16.3. The maximum Gasteiger partial charge on any atom is 0.342 e. The first-order chi connectivity index (χ1) is 7.74. The van der Waals surface area contributed by atoms with Gasteiger partial charge in [-0.3, -0.25) is 9.78 Å². The van der Waals surface area contributed by atoms with E-state index >= 15 is 0 Å². The second kappa shape index (κ2) is 6.78. The lowest BCUT2D eigenvalue weighted by Gasteiger charge is -2.02. The summed E-state index contributed by atoms with van der Waals surface area (Å²) in [5.74, 6) is 0.127. The van der Waals surface area contributed by atoms with Gasteiger partial charge in [0.1, 0.15) is 0 Å². The summed E-state index contributed by atoms with van der Waals surface area (Å²) >= 11 is 0. The van der Waals surface area contributed by atoms with Crippen LogP contribution >= 0.6 is 0 Å². The Kier molecular flexibility index (Phi) is 5.27. The Hall–Kier alpha value is -1.63. The van der Waals surface area contributed by atoms with E-state index in [1.54, 1.807) is 0 Å². The fourth-order valence-corrected chi connectivity index (χ4v) is 1.26. The number of aliphatic hydroxyl groups excluding tert-OH is 1. The second-order valence-electron chi connectivity index (χ2n) is 3.42. The Labute approximate surface area is 91.9 Å². The molecule has 4 N–H and O–H groups in total. The van der Waals surface area contributed by atoms with E-state index in [0.29, 0.717) is 6.54 Å². The van der Waals surface area contributed by atoms with Gasteiger partial charge in [0.25, 0.3) is 5.56 Å². The molecular weight excluding hydrogens is 212 g/mol. The predicted octanol–water partition coefficient (Wildman–Crippen LogP) is -0.577. The van der Waals surface area contributed by atoms with Gasteiger partial charge in [-0.05, 0) is 12.8 Å². The van der Waals surface area contributed by atoms with Gasteiger partial charge in [-0.25, -0.2) is 9.89 Å². The van der Waals surface area contributed by atoms with E-state index in [9.17, 15) is 9.59 Å². The van der Waals surface area contributed by atoms with Crippen molar-refractivity contribution in [2.24, 2.45) is 0 Å². The van der Waals surface area contributed by atoms with Gasteiger partial charge in [0.15, 0.2) is 0 Å². The highest BCUT2D eigenvalue weighted by Gasteiger charge is 1.99. The third-order valence-electron chi connectivity index (χ3n) is 2.09. The quantitative estimate of drug-likeness (QED) is 0.467. The van der Waals surface area contributed by atoms with Crippen LogP contribution in [-0.4, -0.2) is 33.4 Å². The Morgan fingerprint density at radius 1 is 1.19 bits per heavy atom. The van der Waals surface area contributed by atoms with Gasteiger partial charge in [-0.2, -0.15) is 0 Å². The number of aromatic nitrogens is 3. The molecule has 1 heterocycles. The third kappa shape index (κ3) is 4.26. The van der Waals surface area contributed by atoms with Crippen molar-refractivity contribution in [1.82, 2.24) is 15.2 Å². The van der Waals surface area contributed by atoms with Gasteiger partial charge >= 0.3 is 5.69 Å². The number of aromatic amines is 2. The van der Waals surface area contributed by atoms with E-state index < -0.39 is 11.2 Å². The van der Waals surface area contributed by atoms with Gasteiger partial charge in [0, 0.05) is 13.2 Å². The molecule has 0 saturated heterocycles. The average Bonchev–Trinajstić information content (AvgIpc) is 2.26. The number of nitrogens with zero attached hydrogens (tertiary/aromatic N) is 1. The molecule has 0 aliphatic heterocycles. The molecule has 0 fully saturated rings. The highest BCUT2D eigenvalue weighted by Crippen LogP contribution is 1.99. The van der Waals surface area contributed by atoms with E-state index in [-0.39, 0.29) is 12.4 Å². The van der Waals surface area contributed by atoms with Crippen LogP contribution in [-0.2, 0) is 0 Å². The normalized spacial score (nSPS) is 10.3. The van der Waals surface area contributed by atoms with Crippen LogP contribution in [0.1, 0.15) is 25.7 Å². The largest absolute Gasteiger partial charge is 0.396 e. The number of nitrogens with one attached hydrogen (secondary N) is 3. The van der Waals surface area contributed by atoms with Gasteiger partial charge in [0.2, 0.25) is 5.82 Å². The maximum atomic E-state index is 11.2. The average molecular weight is 228 g/mol.